The number of fused-ring (bicyclic) bond motifs is 4. The molecule has 1 saturated heterocycles. The molecule has 184 valence electrons. The van der Waals surface area contributed by atoms with Crippen LogP contribution in [0.15, 0.2) is 11.1 Å². The monoisotopic (exact) mass is 460 g/mol. The van der Waals surface area contributed by atoms with Gasteiger partial charge < -0.3 is 20.1 Å². The number of ether oxygens (including phenoxy) is 1. The maximum atomic E-state index is 14.0. The Hall–Kier alpha value is -1.24. The molecule has 1 heterocycles. The Kier molecular flexibility index (Phi) is 4.77. The van der Waals surface area contributed by atoms with Crippen LogP contribution in [0.4, 0.5) is 0 Å². The second-order valence-corrected chi connectivity index (χ2v) is 13.2. The van der Waals surface area contributed by atoms with Crippen LogP contribution in [0, 0.1) is 33.5 Å². The number of rotatable bonds is 1. The number of Topliss-reactive ketones (excluding diaryl/α,β-unsaturated/α-hetero) is 1. The zero-order valence-corrected chi connectivity index (χ0v) is 20.9. The summed E-state index contributed by atoms with van der Waals surface area (Å²) in [7, 11) is 0. The first-order chi connectivity index (χ1) is 15.1. The maximum absolute atomic E-state index is 14.0. The van der Waals surface area contributed by atoms with Crippen molar-refractivity contribution in [3.63, 3.8) is 0 Å². The van der Waals surface area contributed by atoms with E-state index in [0.29, 0.717) is 44.1 Å². The van der Waals surface area contributed by atoms with Crippen molar-refractivity contribution >= 4 is 11.8 Å². The molecule has 0 aromatic heterocycles. The van der Waals surface area contributed by atoms with Crippen LogP contribution in [0.3, 0.4) is 0 Å². The number of hydrogen-bond donors (Lipinski definition) is 3. The Morgan fingerprint density at radius 3 is 2.15 bits per heavy atom. The van der Waals surface area contributed by atoms with Crippen LogP contribution in [-0.4, -0.2) is 51.0 Å². The van der Waals surface area contributed by atoms with E-state index in [4.69, 9.17) is 4.74 Å². The van der Waals surface area contributed by atoms with Gasteiger partial charge in [0.1, 0.15) is 5.60 Å². The Balaban J connectivity index is 1.68. The zero-order valence-electron chi connectivity index (χ0n) is 20.9. The van der Waals surface area contributed by atoms with Gasteiger partial charge in [0.15, 0.2) is 5.78 Å². The van der Waals surface area contributed by atoms with Crippen LogP contribution in [0.25, 0.3) is 0 Å². The summed E-state index contributed by atoms with van der Waals surface area (Å²) in [5.74, 6) is -0.364. The lowest BCUT2D eigenvalue weighted by Crippen LogP contribution is -2.61. The number of allylic oxidation sites excluding steroid dienone is 1. The molecule has 0 amide bonds. The second kappa shape index (κ2) is 6.70. The largest absolute Gasteiger partial charge is 0.459 e. The van der Waals surface area contributed by atoms with Gasteiger partial charge in [-0.15, -0.1) is 0 Å². The Morgan fingerprint density at radius 2 is 1.55 bits per heavy atom. The van der Waals surface area contributed by atoms with Crippen molar-refractivity contribution in [2.24, 2.45) is 33.5 Å². The third-order valence-electron chi connectivity index (χ3n) is 11.5. The third kappa shape index (κ3) is 2.66. The lowest BCUT2D eigenvalue weighted by molar-refractivity contribution is -0.159. The summed E-state index contributed by atoms with van der Waals surface area (Å²) in [6, 6.07) is 0. The van der Waals surface area contributed by atoms with E-state index in [2.05, 4.69) is 13.8 Å². The van der Waals surface area contributed by atoms with Crippen LogP contribution in [0.1, 0.15) is 86.5 Å². The van der Waals surface area contributed by atoms with Crippen molar-refractivity contribution in [3.8, 4) is 0 Å². The van der Waals surface area contributed by atoms with E-state index in [9.17, 15) is 24.9 Å². The van der Waals surface area contributed by atoms with E-state index in [0.717, 1.165) is 5.57 Å². The molecule has 3 fully saturated rings. The minimum Gasteiger partial charge on any atom is -0.459 e. The minimum absolute atomic E-state index is 0.0259. The van der Waals surface area contributed by atoms with Gasteiger partial charge in [-0.1, -0.05) is 34.6 Å². The standard InChI is InChI=1S/C27H40O6/c1-23(2)16-11-14(28)22-21(24(16,3)9-7-18(23)30)15(29)13-25(4)17(12-19(31)27(22,25)6)26(5)10-8-20(32)33-26/h14,16-19,28,30-31H,7-13H2,1-6H3. The second-order valence-electron chi connectivity index (χ2n) is 13.2. The van der Waals surface area contributed by atoms with Gasteiger partial charge in [-0.2, -0.15) is 0 Å². The molecule has 33 heavy (non-hydrogen) atoms. The number of aliphatic hydroxyl groups excluding tert-OH is 3. The summed E-state index contributed by atoms with van der Waals surface area (Å²) >= 11 is 0. The van der Waals surface area contributed by atoms with Crippen LogP contribution in [0.2, 0.25) is 0 Å². The third-order valence-corrected chi connectivity index (χ3v) is 11.5. The van der Waals surface area contributed by atoms with Crippen LogP contribution in [0.5, 0.6) is 0 Å². The van der Waals surface area contributed by atoms with E-state index in [-0.39, 0.29) is 30.0 Å². The van der Waals surface area contributed by atoms with Crippen molar-refractivity contribution in [1.82, 2.24) is 0 Å². The number of carbonyl (C=O) groups is 2. The molecule has 6 heteroatoms. The van der Waals surface area contributed by atoms with Gasteiger partial charge >= 0.3 is 5.97 Å². The number of esters is 1. The van der Waals surface area contributed by atoms with Gasteiger partial charge in [-0.25, -0.2) is 0 Å². The lowest BCUT2D eigenvalue weighted by Gasteiger charge is -2.62. The molecule has 9 atom stereocenters. The molecule has 0 aromatic carbocycles. The van der Waals surface area contributed by atoms with Crippen LogP contribution >= 0.6 is 0 Å². The minimum atomic E-state index is -0.844. The molecule has 0 aromatic rings. The highest BCUT2D eigenvalue weighted by atomic mass is 16.6. The molecule has 0 bridgehead atoms. The fourth-order valence-electron chi connectivity index (χ4n) is 9.35. The molecule has 9 unspecified atom stereocenters. The number of hydrogen-bond acceptors (Lipinski definition) is 6. The molecular weight excluding hydrogens is 420 g/mol. The smallest absolute Gasteiger partial charge is 0.306 e. The van der Waals surface area contributed by atoms with Crippen molar-refractivity contribution in [1.29, 1.82) is 0 Å². The highest BCUT2D eigenvalue weighted by Crippen LogP contribution is 2.72. The average molecular weight is 461 g/mol. The maximum Gasteiger partial charge on any atom is 0.306 e. The molecule has 0 radical (unpaired) electrons. The first-order valence-electron chi connectivity index (χ1n) is 12.7. The van der Waals surface area contributed by atoms with Gasteiger partial charge in [0.25, 0.3) is 0 Å². The molecule has 3 N–H and O–H groups in total. The summed E-state index contributed by atoms with van der Waals surface area (Å²) in [4.78, 5) is 26.1. The van der Waals surface area contributed by atoms with Crippen LogP contribution < -0.4 is 0 Å². The fourth-order valence-corrected chi connectivity index (χ4v) is 9.35. The summed E-state index contributed by atoms with van der Waals surface area (Å²) in [6.45, 7) is 12.3. The van der Waals surface area contributed by atoms with E-state index >= 15 is 0 Å². The number of ketones is 1. The predicted octanol–water partition coefficient (Wildman–Crippen LogP) is 3.31. The zero-order chi connectivity index (χ0) is 24.4. The SMILES string of the molecule is CC1(C2CC(O)C3(C)C4=C(C(=O)CC23C)C2(C)CCC(O)C(C)(C)C2CC4O)CCC(=O)O1. The van der Waals surface area contributed by atoms with E-state index in [1.54, 1.807) is 0 Å². The van der Waals surface area contributed by atoms with Crippen molar-refractivity contribution < 1.29 is 29.6 Å². The van der Waals surface area contributed by atoms with E-state index < -0.39 is 45.6 Å². The summed E-state index contributed by atoms with van der Waals surface area (Å²) in [5.41, 5.74) is -1.57. The van der Waals surface area contributed by atoms with Crippen LogP contribution in [-0.2, 0) is 14.3 Å². The first-order valence-corrected chi connectivity index (χ1v) is 12.7. The van der Waals surface area contributed by atoms with Crippen molar-refractivity contribution in [3.05, 3.63) is 11.1 Å². The lowest BCUT2D eigenvalue weighted by atomic mass is 9.42. The molecule has 0 spiro atoms. The summed E-state index contributed by atoms with van der Waals surface area (Å²) in [6.07, 6.45) is 1.40. The van der Waals surface area contributed by atoms with Gasteiger partial charge in [-0.05, 0) is 66.8 Å². The van der Waals surface area contributed by atoms with Gasteiger partial charge in [0, 0.05) is 29.7 Å². The normalized spacial score (nSPS) is 53.4. The van der Waals surface area contributed by atoms with E-state index in [1.807, 2.05) is 27.7 Å². The number of carbonyl (C=O) groups excluding carboxylic acids is 2. The van der Waals surface area contributed by atoms with Gasteiger partial charge in [0.2, 0.25) is 0 Å². The van der Waals surface area contributed by atoms with Crippen molar-refractivity contribution in [2.75, 3.05) is 0 Å². The quantitative estimate of drug-likeness (QED) is 0.519. The molecule has 5 rings (SSSR count). The molecule has 1 aliphatic heterocycles. The first kappa shape index (κ1) is 23.5. The Bertz CT molecular complexity index is 952. The molecule has 5 aliphatic rings. The predicted molar refractivity (Wildman–Crippen MR) is 122 cm³/mol. The van der Waals surface area contributed by atoms with Gasteiger partial charge in [-0.3, -0.25) is 9.59 Å². The molecule has 6 nitrogen and oxygen atoms in total. The topological polar surface area (TPSA) is 104 Å². The number of cyclic esters (lactones) is 1. The highest BCUT2D eigenvalue weighted by Gasteiger charge is 2.72. The molecule has 2 saturated carbocycles. The Labute approximate surface area is 196 Å². The Morgan fingerprint density at radius 1 is 0.879 bits per heavy atom. The fraction of sp³-hybridized carbons (Fsp3) is 0.852. The highest BCUT2D eigenvalue weighted by molar-refractivity contribution is 6.00. The average Bonchev–Trinajstić information content (AvgIpc) is 3.16. The summed E-state index contributed by atoms with van der Waals surface area (Å²) < 4.78 is 5.82. The van der Waals surface area contributed by atoms with E-state index in [1.165, 1.54) is 0 Å². The molecule has 4 aliphatic carbocycles. The summed E-state index contributed by atoms with van der Waals surface area (Å²) in [5, 5.41) is 34.0. The van der Waals surface area contributed by atoms with Gasteiger partial charge in [0.05, 0.1) is 18.3 Å². The molecular formula is C27H40O6. The number of aliphatic hydroxyl groups is 3. The van der Waals surface area contributed by atoms with Crippen molar-refractivity contribution in [2.45, 2.75) is 110 Å².